The van der Waals surface area contributed by atoms with Gasteiger partial charge in [-0.2, -0.15) is 0 Å². The van der Waals surface area contributed by atoms with Gasteiger partial charge in [0.25, 0.3) is 5.69 Å². The fourth-order valence-corrected chi connectivity index (χ4v) is 3.16. The van der Waals surface area contributed by atoms with Crippen molar-refractivity contribution < 1.29 is 19.2 Å². The molecule has 2 atom stereocenters. The molecule has 0 unspecified atom stereocenters. The fraction of sp³-hybridized carbons (Fsp3) is 0.650. The van der Waals surface area contributed by atoms with E-state index in [0.717, 1.165) is 12.8 Å². The minimum absolute atomic E-state index is 0.0563. The molecule has 27 heavy (non-hydrogen) atoms. The Kier molecular flexibility index (Phi) is 8.51. The first kappa shape index (κ1) is 21.2. The summed E-state index contributed by atoms with van der Waals surface area (Å²) in [5.41, 5.74) is 5.70. The van der Waals surface area contributed by atoms with Crippen molar-refractivity contribution in [3.8, 4) is 5.75 Å². The molecule has 1 saturated heterocycles. The number of nitro benzene ring substituents is 1. The summed E-state index contributed by atoms with van der Waals surface area (Å²) in [7, 11) is 0. The van der Waals surface area contributed by atoms with Gasteiger partial charge in [-0.05, 0) is 12.5 Å². The molecule has 7 nitrogen and oxygen atoms in total. The third-order valence-electron chi connectivity index (χ3n) is 4.79. The molecule has 0 radical (unpaired) electrons. The first-order valence-corrected chi connectivity index (χ1v) is 9.90. The van der Waals surface area contributed by atoms with Crippen molar-refractivity contribution in [2.45, 2.75) is 76.9 Å². The van der Waals surface area contributed by atoms with E-state index in [1.54, 1.807) is 6.07 Å². The van der Waals surface area contributed by atoms with Crippen molar-refractivity contribution in [3.63, 3.8) is 0 Å². The maximum atomic E-state index is 11.2. The normalized spacial score (nSPS) is 18.3. The molecule has 0 bridgehead atoms. The molecule has 1 aliphatic rings. The summed E-state index contributed by atoms with van der Waals surface area (Å²) in [6, 6.07) is 4.37. The molecule has 7 heteroatoms. The van der Waals surface area contributed by atoms with Crippen LogP contribution in [0, 0.1) is 10.1 Å². The molecule has 1 aromatic rings. The monoisotopic (exact) mass is 378 g/mol. The van der Waals surface area contributed by atoms with Gasteiger partial charge in [0.05, 0.1) is 11.5 Å². The predicted molar refractivity (Wildman–Crippen MR) is 103 cm³/mol. The van der Waals surface area contributed by atoms with Crippen LogP contribution in [0.5, 0.6) is 5.75 Å². The van der Waals surface area contributed by atoms with Gasteiger partial charge in [0.15, 0.2) is 6.10 Å². The SMILES string of the molecule is CCCCCCCCCCCOc1ccc([N+](=O)[O-])cc1[C@@H]1O[C@H]1C(N)=O. The number of nitro groups is 1. The summed E-state index contributed by atoms with van der Waals surface area (Å²) in [5.74, 6) is -0.0506. The van der Waals surface area contributed by atoms with Gasteiger partial charge >= 0.3 is 0 Å². The number of ether oxygens (including phenoxy) is 2. The molecule has 1 amide bonds. The summed E-state index contributed by atoms with van der Waals surface area (Å²) < 4.78 is 11.1. The number of carbonyl (C=O) groups excluding carboxylic acids is 1. The number of non-ortho nitro benzene ring substituents is 1. The number of amides is 1. The van der Waals surface area contributed by atoms with E-state index < -0.39 is 23.0 Å². The second-order valence-electron chi connectivity index (χ2n) is 7.04. The molecule has 0 spiro atoms. The highest BCUT2D eigenvalue weighted by atomic mass is 16.6. The smallest absolute Gasteiger partial charge is 0.270 e. The van der Waals surface area contributed by atoms with E-state index in [1.807, 2.05) is 0 Å². The lowest BCUT2D eigenvalue weighted by Gasteiger charge is -2.10. The van der Waals surface area contributed by atoms with Crippen LogP contribution >= 0.6 is 0 Å². The summed E-state index contributed by atoms with van der Waals surface area (Å²) >= 11 is 0. The Morgan fingerprint density at radius 2 is 1.78 bits per heavy atom. The first-order chi connectivity index (χ1) is 13.0. The summed E-state index contributed by atoms with van der Waals surface area (Å²) in [6.07, 6.45) is 9.72. The number of carbonyl (C=O) groups is 1. The second-order valence-corrected chi connectivity index (χ2v) is 7.04. The molecular formula is C20H30N2O5. The Morgan fingerprint density at radius 1 is 1.15 bits per heavy atom. The van der Waals surface area contributed by atoms with Crippen LogP contribution in [0.3, 0.4) is 0 Å². The van der Waals surface area contributed by atoms with E-state index >= 15 is 0 Å². The number of epoxide rings is 1. The zero-order valence-corrected chi connectivity index (χ0v) is 16.0. The number of hydrogen-bond acceptors (Lipinski definition) is 5. The quantitative estimate of drug-likeness (QED) is 0.223. The van der Waals surface area contributed by atoms with Gasteiger partial charge in [0.2, 0.25) is 5.91 Å². The Morgan fingerprint density at radius 3 is 2.33 bits per heavy atom. The maximum absolute atomic E-state index is 11.2. The molecule has 1 fully saturated rings. The number of nitrogens with zero attached hydrogens (tertiary/aromatic N) is 1. The minimum Gasteiger partial charge on any atom is -0.493 e. The van der Waals surface area contributed by atoms with Crippen LogP contribution in [0.25, 0.3) is 0 Å². The lowest BCUT2D eigenvalue weighted by atomic mass is 10.1. The van der Waals surface area contributed by atoms with Gasteiger partial charge in [-0.15, -0.1) is 0 Å². The van der Waals surface area contributed by atoms with Crippen molar-refractivity contribution >= 4 is 11.6 Å². The van der Waals surface area contributed by atoms with Gasteiger partial charge in [-0.3, -0.25) is 14.9 Å². The van der Waals surface area contributed by atoms with Crippen molar-refractivity contribution in [1.29, 1.82) is 0 Å². The van der Waals surface area contributed by atoms with Crippen LogP contribution in [0.2, 0.25) is 0 Å². The molecule has 2 rings (SSSR count). The number of rotatable bonds is 14. The zero-order chi connectivity index (χ0) is 19.6. The minimum atomic E-state index is -0.734. The van der Waals surface area contributed by atoms with E-state index in [2.05, 4.69) is 6.92 Å². The third kappa shape index (κ3) is 6.82. The first-order valence-electron chi connectivity index (χ1n) is 9.90. The maximum Gasteiger partial charge on any atom is 0.270 e. The number of benzene rings is 1. The topological polar surface area (TPSA) is 108 Å². The van der Waals surface area contributed by atoms with Crippen LogP contribution < -0.4 is 10.5 Å². The zero-order valence-electron chi connectivity index (χ0n) is 16.0. The number of nitrogens with two attached hydrogens (primary N) is 1. The third-order valence-corrected chi connectivity index (χ3v) is 4.79. The molecule has 0 aromatic heterocycles. The molecule has 150 valence electrons. The summed E-state index contributed by atoms with van der Waals surface area (Å²) in [5, 5.41) is 11.0. The molecule has 0 aliphatic carbocycles. The van der Waals surface area contributed by atoms with E-state index in [-0.39, 0.29) is 5.69 Å². The Labute approximate surface area is 160 Å². The number of hydrogen-bond donors (Lipinski definition) is 1. The van der Waals surface area contributed by atoms with E-state index in [9.17, 15) is 14.9 Å². The highest BCUT2D eigenvalue weighted by Gasteiger charge is 2.47. The number of unbranched alkanes of at least 4 members (excludes halogenated alkanes) is 8. The molecule has 1 heterocycles. The summed E-state index contributed by atoms with van der Waals surface area (Å²) in [4.78, 5) is 21.8. The molecule has 1 aromatic carbocycles. The lowest BCUT2D eigenvalue weighted by molar-refractivity contribution is -0.385. The van der Waals surface area contributed by atoms with Crippen LogP contribution in [0.1, 0.15) is 76.4 Å². The molecule has 0 saturated carbocycles. The van der Waals surface area contributed by atoms with E-state index in [4.69, 9.17) is 15.2 Å². The lowest BCUT2D eigenvalue weighted by Crippen LogP contribution is -2.18. The van der Waals surface area contributed by atoms with Crippen molar-refractivity contribution in [3.05, 3.63) is 33.9 Å². The molecule has 2 N–H and O–H groups in total. The highest BCUT2D eigenvalue weighted by Crippen LogP contribution is 2.44. The van der Waals surface area contributed by atoms with Crippen LogP contribution in [0.4, 0.5) is 5.69 Å². The fourth-order valence-electron chi connectivity index (χ4n) is 3.16. The predicted octanol–water partition coefficient (Wildman–Crippen LogP) is 4.43. The Hall–Kier alpha value is -2.15. The highest BCUT2D eigenvalue weighted by molar-refractivity contribution is 5.82. The average Bonchev–Trinajstić information content (AvgIpc) is 3.44. The van der Waals surface area contributed by atoms with Crippen LogP contribution in [-0.4, -0.2) is 23.5 Å². The summed E-state index contributed by atoms with van der Waals surface area (Å²) in [6.45, 7) is 2.76. The van der Waals surface area contributed by atoms with E-state index in [1.165, 1.54) is 57.1 Å². The van der Waals surface area contributed by atoms with Crippen LogP contribution in [0.15, 0.2) is 18.2 Å². The van der Waals surface area contributed by atoms with Crippen molar-refractivity contribution in [2.24, 2.45) is 5.73 Å². The standard InChI is InChI=1S/C20H30N2O5/c1-2-3-4-5-6-7-8-9-10-13-26-17-12-11-15(22(24)25)14-16(17)18-19(27-18)20(21)23/h11-12,14,18-19H,2-10,13H2,1H3,(H2,21,23)/t18-,19+/m0/s1. The molecular weight excluding hydrogens is 348 g/mol. The van der Waals surface area contributed by atoms with Gasteiger partial charge < -0.3 is 15.2 Å². The second kappa shape index (κ2) is 10.9. The van der Waals surface area contributed by atoms with E-state index in [0.29, 0.717) is 17.9 Å². The average molecular weight is 378 g/mol. The van der Waals surface area contributed by atoms with Gasteiger partial charge in [-0.25, -0.2) is 0 Å². The van der Waals surface area contributed by atoms with Crippen molar-refractivity contribution in [1.82, 2.24) is 0 Å². The Balaban J connectivity index is 1.75. The van der Waals surface area contributed by atoms with Gasteiger partial charge in [0, 0.05) is 17.7 Å². The van der Waals surface area contributed by atoms with Gasteiger partial charge in [0.1, 0.15) is 11.9 Å². The van der Waals surface area contributed by atoms with Gasteiger partial charge in [-0.1, -0.05) is 58.3 Å². The molecule has 1 aliphatic heterocycles. The Bertz CT molecular complexity index is 635. The van der Waals surface area contributed by atoms with Crippen molar-refractivity contribution in [2.75, 3.05) is 6.61 Å². The van der Waals surface area contributed by atoms with Crippen LogP contribution in [-0.2, 0) is 9.53 Å². The number of primary amides is 1. The largest absolute Gasteiger partial charge is 0.493 e.